The number of benzene rings is 1. The molecular formula is C11H12F2O. The lowest BCUT2D eigenvalue weighted by Crippen LogP contribution is -2.14. The van der Waals surface area contributed by atoms with Gasteiger partial charge in [0.15, 0.2) is 0 Å². The van der Waals surface area contributed by atoms with Crippen molar-refractivity contribution >= 4 is 6.04 Å². The molecule has 0 spiro atoms. The Morgan fingerprint density at radius 3 is 2.07 bits per heavy atom. The fourth-order valence-corrected chi connectivity index (χ4v) is 1.45. The smallest absolute Gasteiger partial charge is 0.260 e. The van der Waals surface area contributed by atoms with Crippen molar-refractivity contribution in [1.29, 1.82) is 0 Å². The van der Waals surface area contributed by atoms with E-state index in [9.17, 15) is 13.6 Å². The van der Waals surface area contributed by atoms with Crippen LogP contribution in [0, 0.1) is 11.7 Å². The molecule has 1 aromatic rings. The van der Waals surface area contributed by atoms with Crippen molar-refractivity contribution in [2.45, 2.75) is 19.8 Å². The van der Waals surface area contributed by atoms with Crippen LogP contribution >= 0.6 is 0 Å². The molecule has 0 amide bonds. The molecule has 0 aliphatic carbocycles. The lowest BCUT2D eigenvalue weighted by Gasteiger charge is -2.15. The molecular weight excluding hydrogens is 186 g/mol. The van der Waals surface area contributed by atoms with E-state index in [-0.39, 0.29) is 11.7 Å². The number of carbonyl (C=O) groups is 1. The lowest BCUT2D eigenvalue weighted by atomic mass is 9.89. The van der Waals surface area contributed by atoms with Gasteiger partial charge in [-0.3, -0.25) is 4.79 Å². The molecule has 76 valence electrons. The molecule has 1 aromatic carbocycles. The monoisotopic (exact) mass is 198 g/mol. The quantitative estimate of drug-likeness (QED) is 0.682. The molecule has 1 atom stereocenters. The fourth-order valence-electron chi connectivity index (χ4n) is 1.45. The molecule has 3 heteroatoms. The second-order valence-corrected chi connectivity index (χ2v) is 3.58. The van der Waals surface area contributed by atoms with Gasteiger partial charge in [-0.15, -0.1) is 0 Å². The summed E-state index contributed by atoms with van der Waals surface area (Å²) in [6.07, 6.45) is 0. The molecule has 0 saturated heterocycles. The Hall–Kier alpha value is -1.25. The first kappa shape index (κ1) is 10.8. The van der Waals surface area contributed by atoms with Crippen LogP contribution in [0.25, 0.3) is 0 Å². The van der Waals surface area contributed by atoms with Crippen LogP contribution in [0.2, 0.25) is 0 Å². The maximum absolute atomic E-state index is 12.7. The van der Waals surface area contributed by atoms with Gasteiger partial charge in [-0.2, -0.15) is 4.39 Å². The number of hydrogen-bond donors (Lipinski definition) is 0. The van der Waals surface area contributed by atoms with Crippen LogP contribution in [0.4, 0.5) is 8.78 Å². The first-order chi connectivity index (χ1) is 6.52. The summed E-state index contributed by atoms with van der Waals surface area (Å²) < 4.78 is 25.2. The Kier molecular flexibility index (Phi) is 3.33. The van der Waals surface area contributed by atoms with E-state index in [2.05, 4.69) is 0 Å². The second kappa shape index (κ2) is 4.31. The average Bonchev–Trinajstić information content (AvgIpc) is 2.07. The Morgan fingerprint density at radius 2 is 1.71 bits per heavy atom. The molecule has 0 N–H and O–H groups in total. The van der Waals surface area contributed by atoms with E-state index in [1.54, 1.807) is 13.8 Å². The zero-order chi connectivity index (χ0) is 10.7. The Labute approximate surface area is 81.7 Å². The van der Waals surface area contributed by atoms with Gasteiger partial charge in [0.1, 0.15) is 5.82 Å². The second-order valence-electron chi connectivity index (χ2n) is 3.58. The van der Waals surface area contributed by atoms with E-state index in [0.717, 1.165) is 0 Å². The van der Waals surface area contributed by atoms with Crippen LogP contribution in [0.15, 0.2) is 24.3 Å². The molecule has 0 saturated carbocycles. The summed E-state index contributed by atoms with van der Waals surface area (Å²) in [5.74, 6) is -1.30. The number of hydrogen-bond acceptors (Lipinski definition) is 1. The van der Waals surface area contributed by atoms with Crippen molar-refractivity contribution in [3.8, 4) is 0 Å². The minimum Gasteiger partial charge on any atom is -0.260 e. The third kappa shape index (κ3) is 2.37. The first-order valence-corrected chi connectivity index (χ1v) is 4.47. The molecule has 0 heterocycles. The molecule has 0 bridgehead atoms. The Balaban J connectivity index is 3.00. The van der Waals surface area contributed by atoms with Crippen LogP contribution in [0.1, 0.15) is 25.3 Å². The van der Waals surface area contributed by atoms with Crippen LogP contribution in [0.3, 0.4) is 0 Å². The van der Waals surface area contributed by atoms with Crippen molar-refractivity contribution in [2.24, 2.45) is 5.92 Å². The summed E-state index contributed by atoms with van der Waals surface area (Å²) in [4.78, 5) is 10.7. The van der Waals surface area contributed by atoms with E-state index in [1.165, 1.54) is 24.3 Å². The minimum atomic E-state index is -1.37. The van der Waals surface area contributed by atoms with Gasteiger partial charge in [0.25, 0.3) is 0 Å². The normalized spacial score (nSPS) is 12.9. The summed E-state index contributed by atoms with van der Waals surface area (Å²) >= 11 is 0. The molecule has 0 fully saturated rings. The molecule has 1 rings (SSSR count). The number of rotatable bonds is 3. The van der Waals surface area contributed by atoms with E-state index in [0.29, 0.717) is 5.56 Å². The highest BCUT2D eigenvalue weighted by molar-refractivity contribution is 5.77. The highest BCUT2D eigenvalue weighted by Crippen LogP contribution is 2.25. The third-order valence-electron chi connectivity index (χ3n) is 2.14. The van der Waals surface area contributed by atoms with Crippen LogP contribution in [0.5, 0.6) is 0 Å². The summed E-state index contributed by atoms with van der Waals surface area (Å²) in [5, 5.41) is 0. The summed E-state index contributed by atoms with van der Waals surface area (Å²) in [6.45, 7) is 3.51. The molecule has 1 nitrogen and oxygen atoms in total. The van der Waals surface area contributed by atoms with Crippen LogP contribution in [-0.4, -0.2) is 6.04 Å². The molecule has 0 radical (unpaired) electrons. The molecule has 0 aliphatic rings. The van der Waals surface area contributed by atoms with Gasteiger partial charge in [0.05, 0.1) is 5.92 Å². The van der Waals surface area contributed by atoms with Gasteiger partial charge in [0, 0.05) is 0 Å². The highest BCUT2D eigenvalue weighted by Gasteiger charge is 2.23. The molecule has 0 aliphatic heterocycles. The maximum Gasteiger partial charge on any atom is 0.309 e. The van der Waals surface area contributed by atoms with Crippen LogP contribution < -0.4 is 0 Å². The zero-order valence-corrected chi connectivity index (χ0v) is 8.13. The minimum absolute atomic E-state index is 0.127. The van der Waals surface area contributed by atoms with Gasteiger partial charge in [0.2, 0.25) is 0 Å². The van der Waals surface area contributed by atoms with Crippen molar-refractivity contribution in [3.05, 3.63) is 35.6 Å². The van der Waals surface area contributed by atoms with Gasteiger partial charge in [-0.25, -0.2) is 4.39 Å². The van der Waals surface area contributed by atoms with E-state index < -0.39 is 12.0 Å². The largest absolute Gasteiger partial charge is 0.309 e. The van der Waals surface area contributed by atoms with Gasteiger partial charge in [-0.1, -0.05) is 26.0 Å². The highest BCUT2D eigenvalue weighted by atomic mass is 19.1. The van der Waals surface area contributed by atoms with Crippen molar-refractivity contribution in [2.75, 3.05) is 0 Å². The fraction of sp³-hybridized carbons (Fsp3) is 0.364. The summed E-state index contributed by atoms with van der Waals surface area (Å²) in [5.41, 5.74) is 0.522. The van der Waals surface area contributed by atoms with E-state index in [1.807, 2.05) is 0 Å². The number of carbonyl (C=O) groups excluding carboxylic acids is 1. The lowest BCUT2D eigenvalue weighted by molar-refractivity contribution is -0.131. The molecule has 14 heavy (non-hydrogen) atoms. The summed E-state index contributed by atoms with van der Waals surface area (Å²) in [6, 6.07) is 3.97. The maximum atomic E-state index is 12.7. The topological polar surface area (TPSA) is 17.1 Å². The van der Waals surface area contributed by atoms with Crippen LogP contribution in [-0.2, 0) is 4.79 Å². The van der Waals surface area contributed by atoms with E-state index >= 15 is 0 Å². The van der Waals surface area contributed by atoms with Crippen molar-refractivity contribution in [1.82, 2.24) is 0 Å². The third-order valence-corrected chi connectivity index (χ3v) is 2.14. The van der Waals surface area contributed by atoms with Crippen molar-refractivity contribution in [3.63, 3.8) is 0 Å². The predicted molar refractivity (Wildman–Crippen MR) is 50.1 cm³/mol. The summed E-state index contributed by atoms with van der Waals surface area (Å²) in [7, 11) is 0. The Bertz CT molecular complexity index is 317. The molecule has 0 aromatic heterocycles. The van der Waals surface area contributed by atoms with Crippen molar-refractivity contribution < 1.29 is 13.6 Å². The Morgan fingerprint density at radius 1 is 1.21 bits per heavy atom. The van der Waals surface area contributed by atoms with E-state index in [4.69, 9.17) is 0 Å². The average molecular weight is 198 g/mol. The predicted octanol–water partition coefficient (Wildman–Crippen LogP) is 3.06. The zero-order valence-electron chi connectivity index (χ0n) is 8.13. The SMILES string of the molecule is CC(C)C(C(=O)F)c1ccc(F)cc1. The van der Waals surface area contributed by atoms with Gasteiger partial charge in [-0.05, 0) is 23.6 Å². The standard InChI is InChI=1S/C11H12F2O/c1-7(2)10(11(13)14)8-3-5-9(12)6-4-8/h3-7,10H,1-2H3. The number of halogens is 2. The first-order valence-electron chi connectivity index (χ1n) is 4.47. The molecule has 1 unspecified atom stereocenters. The van der Waals surface area contributed by atoms with Gasteiger partial charge >= 0.3 is 6.04 Å². The van der Waals surface area contributed by atoms with Gasteiger partial charge < -0.3 is 0 Å².